The molecule has 0 amide bonds. The van der Waals surface area contributed by atoms with Crippen molar-refractivity contribution in [3.8, 4) is 23.1 Å². The Labute approximate surface area is 127 Å². The fourth-order valence-corrected chi connectivity index (χ4v) is 3.36. The number of hydrogen-bond donors (Lipinski definition) is 2. The Morgan fingerprint density at radius 3 is 2.67 bits per heavy atom. The summed E-state index contributed by atoms with van der Waals surface area (Å²) in [6.45, 7) is 4.32. The smallest absolute Gasteiger partial charge is 0.199 e. The molecule has 108 valence electrons. The quantitative estimate of drug-likeness (QED) is 0.848. The maximum atomic E-state index is 10.5. The summed E-state index contributed by atoms with van der Waals surface area (Å²) in [5.74, 6) is 0.155. The normalized spacial score (nSPS) is 16.8. The van der Waals surface area contributed by atoms with E-state index in [0.717, 1.165) is 22.4 Å². The highest BCUT2D eigenvalue weighted by Gasteiger charge is 2.30. The molecule has 0 radical (unpaired) electrons. The highest BCUT2D eigenvalue weighted by molar-refractivity contribution is 6.33. The number of nitriles is 1. The number of benzene rings is 1. The fourth-order valence-electron chi connectivity index (χ4n) is 3.16. The van der Waals surface area contributed by atoms with E-state index in [0.29, 0.717) is 29.1 Å². The standard InChI is InChI=1S/C16H15ClN2O2/c1-8-11(4-3-10(7-18)14(8)17)13-9(2)15-12(20)5-6-19(15)16(13)21/h3-4,12,20-21H,5-6H2,1-2H3/t12-/m0/s1. The summed E-state index contributed by atoms with van der Waals surface area (Å²) in [6.07, 6.45) is 0.0794. The number of aromatic nitrogens is 1. The van der Waals surface area contributed by atoms with Crippen LogP contribution in [-0.2, 0) is 6.54 Å². The van der Waals surface area contributed by atoms with E-state index in [1.54, 1.807) is 16.7 Å². The van der Waals surface area contributed by atoms with Gasteiger partial charge in [-0.25, -0.2) is 0 Å². The molecule has 0 aliphatic carbocycles. The molecule has 0 saturated carbocycles. The molecule has 2 aromatic rings. The monoisotopic (exact) mass is 302 g/mol. The van der Waals surface area contributed by atoms with Crippen LogP contribution in [0.3, 0.4) is 0 Å². The van der Waals surface area contributed by atoms with Gasteiger partial charge in [-0.15, -0.1) is 0 Å². The van der Waals surface area contributed by atoms with Crippen LogP contribution in [0, 0.1) is 25.2 Å². The Balaban J connectivity index is 2.27. The lowest BCUT2D eigenvalue weighted by Crippen LogP contribution is -1.94. The van der Waals surface area contributed by atoms with Crippen molar-refractivity contribution in [1.82, 2.24) is 4.57 Å². The molecular weight excluding hydrogens is 288 g/mol. The van der Waals surface area contributed by atoms with Gasteiger partial charge in [0.15, 0.2) is 5.88 Å². The maximum absolute atomic E-state index is 10.5. The van der Waals surface area contributed by atoms with Crippen molar-refractivity contribution < 1.29 is 10.2 Å². The first kappa shape index (κ1) is 14.0. The first-order chi connectivity index (χ1) is 9.97. The van der Waals surface area contributed by atoms with E-state index in [4.69, 9.17) is 16.9 Å². The van der Waals surface area contributed by atoms with Gasteiger partial charge in [-0.05, 0) is 43.0 Å². The SMILES string of the molecule is Cc1c(-c2c(C)c3n(c2O)CC[C@@H]3O)ccc(C#N)c1Cl. The molecule has 3 rings (SSSR count). The molecular formula is C16H15ClN2O2. The first-order valence-electron chi connectivity index (χ1n) is 6.77. The largest absolute Gasteiger partial charge is 0.494 e. The number of aliphatic hydroxyl groups is 1. The van der Waals surface area contributed by atoms with Crippen LogP contribution in [0.1, 0.15) is 34.9 Å². The summed E-state index contributed by atoms with van der Waals surface area (Å²) in [5.41, 5.74) is 4.29. The van der Waals surface area contributed by atoms with Crippen LogP contribution in [0.15, 0.2) is 12.1 Å². The van der Waals surface area contributed by atoms with Gasteiger partial charge in [0.1, 0.15) is 6.07 Å². The third kappa shape index (κ3) is 1.85. The van der Waals surface area contributed by atoms with Crippen LogP contribution < -0.4 is 0 Å². The summed E-state index contributed by atoms with van der Waals surface area (Å²) in [5, 5.41) is 30.0. The van der Waals surface area contributed by atoms with Crippen LogP contribution >= 0.6 is 11.6 Å². The van der Waals surface area contributed by atoms with Crippen molar-refractivity contribution >= 4 is 11.6 Å². The van der Waals surface area contributed by atoms with Gasteiger partial charge < -0.3 is 14.8 Å². The molecule has 0 bridgehead atoms. The second-order valence-corrected chi connectivity index (χ2v) is 5.75. The summed E-state index contributed by atoms with van der Waals surface area (Å²) < 4.78 is 1.75. The molecule has 0 fully saturated rings. The summed E-state index contributed by atoms with van der Waals surface area (Å²) in [4.78, 5) is 0. The summed E-state index contributed by atoms with van der Waals surface area (Å²) in [7, 11) is 0. The van der Waals surface area contributed by atoms with Crippen molar-refractivity contribution in [2.24, 2.45) is 0 Å². The van der Waals surface area contributed by atoms with Crippen molar-refractivity contribution in [3.63, 3.8) is 0 Å². The van der Waals surface area contributed by atoms with Crippen molar-refractivity contribution in [1.29, 1.82) is 5.26 Å². The van der Waals surface area contributed by atoms with Crippen molar-refractivity contribution in [2.45, 2.75) is 32.9 Å². The molecule has 1 atom stereocenters. The third-order valence-electron chi connectivity index (χ3n) is 4.25. The molecule has 1 aromatic carbocycles. The number of aromatic hydroxyl groups is 1. The molecule has 2 N–H and O–H groups in total. The minimum atomic E-state index is -0.543. The van der Waals surface area contributed by atoms with E-state index < -0.39 is 6.10 Å². The van der Waals surface area contributed by atoms with Gasteiger partial charge in [0.2, 0.25) is 0 Å². The fraction of sp³-hybridized carbons (Fsp3) is 0.312. The van der Waals surface area contributed by atoms with Crippen molar-refractivity contribution in [2.75, 3.05) is 0 Å². The Morgan fingerprint density at radius 1 is 1.33 bits per heavy atom. The topological polar surface area (TPSA) is 69.2 Å². The average Bonchev–Trinajstić information content (AvgIpc) is 2.95. The Hall–Kier alpha value is -1.96. The van der Waals surface area contributed by atoms with Crippen molar-refractivity contribution in [3.05, 3.63) is 39.5 Å². The van der Waals surface area contributed by atoms with E-state index in [-0.39, 0.29) is 5.88 Å². The van der Waals surface area contributed by atoms with Gasteiger partial charge >= 0.3 is 0 Å². The van der Waals surface area contributed by atoms with Gasteiger partial charge in [0.25, 0.3) is 0 Å². The average molecular weight is 303 g/mol. The predicted molar refractivity (Wildman–Crippen MR) is 80.3 cm³/mol. The first-order valence-corrected chi connectivity index (χ1v) is 7.14. The van der Waals surface area contributed by atoms with E-state index >= 15 is 0 Å². The number of halogens is 1. The number of rotatable bonds is 1. The molecule has 1 aromatic heterocycles. The molecule has 21 heavy (non-hydrogen) atoms. The second kappa shape index (κ2) is 4.80. The highest BCUT2D eigenvalue weighted by Crippen LogP contribution is 2.45. The zero-order chi connectivity index (χ0) is 15.3. The van der Waals surface area contributed by atoms with E-state index in [1.807, 2.05) is 13.8 Å². The summed E-state index contributed by atoms with van der Waals surface area (Å²) >= 11 is 6.22. The Kier molecular flexibility index (Phi) is 3.20. The van der Waals surface area contributed by atoms with Crippen LogP contribution in [0.25, 0.3) is 11.1 Å². The summed E-state index contributed by atoms with van der Waals surface area (Å²) in [6, 6.07) is 5.50. The Bertz CT molecular complexity index is 787. The number of fused-ring (bicyclic) bond motifs is 1. The predicted octanol–water partition coefficient (Wildman–Crippen LogP) is 3.44. The van der Waals surface area contributed by atoms with Gasteiger partial charge in [-0.2, -0.15) is 5.26 Å². The number of aliphatic hydroxyl groups excluding tert-OH is 1. The molecule has 1 aliphatic heterocycles. The molecule has 0 saturated heterocycles. The van der Waals surface area contributed by atoms with Crippen LogP contribution in [-0.4, -0.2) is 14.8 Å². The van der Waals surface area contributed by atoms with Gasteiger partial charge in [0.05, 0.1) is 22.4 Å². The zero-order valence-electron chi connectivity index (χ0n) is 11.8. The third-order valence-corrected chi connectivity index (χ3v) is 4.73. The highest BCUT2D eigenvalue weighted by atomic mass is 35.5. The van der Waals surface area contributed by atoms with Gasteiger partial charge in [-0.3, -0.25) is 0 Å². The van der Waals surface area contributed by atoms with Gasteiger partial charge in [-0.1, -0.05) is 17.7 Å². The van der Waals surface area contributed by atoms with E-state index in [1.165, 1.54) is 0 Å². The maximum Gasteiger partial charge on any atom is 0.199 e. The zero-order valence-corrected chi connectivity index (χ0v) is 12.6. The second-order valence-electron chi connectivity index (χ2n) is 5.38. The molecule has 5 heteroatoms. The molecule has 0 unspecified atom stereocenters. The molecule has 0 spiro atoms. The molecule has 2 heterocycles. The van der Waals surface area contributed by atoms with E-state index in [9.17, 15) is 10.2 Å². The Morgan fingerprint density at radius 2 is 2.05 bits per heavy atom. The van der Waals surface area contributed by atoms with Crippen LogP contribution in [0.4, 0.5) is 0 Å². The lowest BCUT2D eigenvalue weighted by molar-refractivity contribution is 0.179. The van der Waals surface area contributed by atoms with Gasteiger partial charge in [0, 0.05) is 12.1 Å². The number of hydrogen-bond acceptors (Lipinski definition) is 3. The van der Waals surface area contributed by atoms with E-state index in [2.05, 4.69) is 6.07 Å². The van der Waals surface area contributed by atoms with Crippen LogP contribution in [0.2, 0.25) is 5.02 Å². The lowest BCUT2D eigenvalue weighted by Gasteiger charge is -2.10. The molecule has 4 nitrogen and oxygen atoms in total. The van der Waals surface area contributed by atoms with Crippen LogP contribution in [0.5, 0.6) is 5.88 Å². The minimum absolute atomic E-state index is 0.155. The minimum Gasteiger partial charge on any atom is -0.494 e. The molecule has 1 aliphatic rings. The lowest BCUT2D eigenvalue weighted by atomic mass is 9.96. The number of nitrogens with zero attached hydrogens (tertiary/aromatic N) is 2.